The number of nitrogens with zero attached hydrogens (tertiary/aromatic N) is 2. The summed E-state index contributed by atoms with van der Waals surface area (Å²) in [5.41, 5.74) is 2.44. The number of ether oxygens (including phenoxy) is 4. The number of benzene rings is 3. The molecule has 0 aliphatic rings. The van der Waals surface area contributed by atoms with Gasteiger partial charge in [-0.15, -0.1) is 0 Å². The number of nitrogens with one attached hydrogen (secondary N) is 1. The van der Waals surface area contributed by atoms with Crippen LogP contribution >= 0.6 is 0 Å². The molecule has 0 saturated heterocycles. The second-order valence-corrected chi connectivity index (χ2v) is 8.16. The van der Waals surface area contributed by atoms with Crippen LogP contribution in [0.5, 0.6) is 23.0 Å². The third-order valence-corrected chi connectivity index (χ3v) is 5.87. The van der Waals surface area contributed by atoms with Crippen LogP contribution in [0.2, 0.25) is 0 Å². The lowest BCUT2D eigenvalue weighted by molar-refractivity contribution is 0.0949. The molecule has 0 spiro atoms. The van der Waals surface area contributed by atoms with E-state index in [0.29, 0.717) is 30.2 Å². The molecular formula is C28H31N3O5. The molecule has 8 heteroatoms. The Kier molecular flexibility index (Phi) is 8.28. The van der Waals surface area contributed by atoms with Crippen molar-refractivity contribution in [3.05, 3.63) is 78.1 Å². The molecule has 1 aromatic heterocycles. The minimum Gasteiger partial charge on any atom is -0.497 e. The van der Waals surface area contributed by atoms with Gasteiger partial charge in [-0.25, -0.2) is 4.98 Å². The van der Waals surface area contributed by atoms with Gasteiger partial charge in [0, 0.05) is 18.2 Å². The van der Waals surface area contributed by atoms with E-state index in [2.05, 4.69) is 16.0 Å². The van der Waals surface area contributed by atoms with Gasteiger partial charge in [0.2, 0.25) is 0 Å². The fourth-order valence-corrected chi connectivity index (χ4v) is 4.00. The quantitative estimate of drug-likeness (QED) is 0.287. The van der Waals surface area contributed by atoms with Crippen molar-refractivity contribution in [2.24, 2.45) is 0 Å². The first-order valence-electron chi connectivity index (χ1n) is 11.8. The van der Waals surface area contributed by atoms with Gasteiger partial charge in [0.15, 0.2) is 11.5 Å². The number of carbonyl (C=O) groups is 1. The fourth-order valence-electron chi connectivity index (χ4n) is 4.00. The Morgan fingerprint density at radius 2 is 1.67 bits per heavy atom. The van der Waals surface area contributed by atoms with Gasteiger partial charge in [-0.2, -0.15) is 0 Å². The standard InChI is InChI=1S/C28H31N3O5/c1-33-21-9-8-10-22(18-21)36-16-7-6-15-31-24-12-5-4-11-23(24)30-27(31)19-29-28(32)20-13-14-25(34-2)26(17-20)35-3/h4-5,8-14,17-18H,6-7,15-16,19H2,1-3H3,(H,29,32). The maximum absolute atomic E-state index is 12.8. The summed E-state index contributed by atoms with van der Waals surface area (Å²) >= 11 is 0. The number of hydrogen-bond acceptors (Lipinski definition) is 6. The first-order valence-corrected chi connectivity index (χ1v) is 11.8. The number of aromatic nitrogens is 2. The number of amides is 1. The molecule has 0 atom stereocenters. The van der Waals surface area contributed by atoms with Crippen molar-refractivity contribution in [1.29, 1.82) is 0 Å². The van der Waals surface area contributed by atoms with E-state index in [4.69, 9.17) is 23.9 Å². The average Bonchev–Trinajstić information content (AvgIpc) is 3.28. The molecule has 0 aliphatic heterocycles. The highest BCUT2D eigenvalue weighted by atomic mass is 16.5. The molecule has 0 unspecified atom stereocenters. The summed E-state index contributed by atoms with van der Waals surface area (Å²) < 4.78 is 23.8. The Balaban J connectivity index is 1.38. The van der Waals surface area contributed by atoms with Crippen LogP contribution in [0.25, 0.3) is 11.0 Å². The number of unbranched alkanes of at least 4 members (excludes halogenated alkanes) is 1. The third-order valence-electron chi connectivity index (χ3n) is 5.87. The van der Waals surface area contributed by atoms with E-state index in [1.807, 2.05) is 42.5 Å². The summed E-state index contributed by atoms with van der Waals surface area (Å²) in [4.78, 5) is 17.6. The normalized spacial score (nSPS) is 10.8. The molecule has 4 aromatic rings. The van der Waals surface area contributed by atoms with Gasteiger partial charge in [-0.1, -0.05) is 18.2 Å². The van der Waals surface area contributed by atoms with E-state index in [-0.39, 0.29) is 5.91 Å². The lowest BCUT2D eigenvalue weighted by Gasteiger charge is -2.12. The monoisotopic (exact) mass is 489 g/mol. The first kappa shape index (κ1) is 24.9. The maximum Gasteiger partial charge on any atom is 0.251 e. The molecule has 3 aromatic carbocycles. The zero-order valence-electron chi connectivity index (χ0n) is 20.8. The molecule has 0 fully saturated rings. The van der Waals surface area contributed by atoms with Crippen molar-refractivity contribution in [3.63, 3.8) is 0 Å². The Morgan fingerprint density at radius 1 is 0.861 bits per heavy atom. The number of methoxy groups -OCH3 is 3. The smallest absolute Gasteiger partial charge is 0.251 e. The van der Waals surface area contributed by atoms with Gasteiger partial charge in [0.05, 0.1) is 45.5 Å². The van der Waals surface area contributed by atoms with Crippen molar-refractivity contribution >= 4 is 16.9 Å². The van der Waals surface area contributed by atoms with Crippen molar-refractivity contribution in [1.82, 2.24) is 14.9 Å². The van der Waals surface area contributed by atoms with Crippen molar-refractivity contribution < 1.29 is 23.7 Å². The Bertz CT molecular complexity index is 1320. The number of aryl methyl sites for hydroxylation is 1. The molecule has 0 bridgehead atoms. The van der Waals surface area contributed by atoms with E-state index >= 15 is 0 Å². The predicted molar refractivity (Wildman–Crippen MR) is 138 cm³/mol. The van der Waals surface area contributed by atoms with E-state index in [1.54, 1.807) is 39.5 Å². The van der Waals surface area contributed by atoms with Gasteiger partial charge >= 0.3 is 0 Å². The highest BCUT2D eigenvalue weighted by molar-refractivity contribution is 5.94. The van der Waals surface area contributed by atoms with Gasteiger partial charge in [-0.05, 0) is 55.3 Å². The molecule has 0 aliphatic carbocycles. The summed E-state index contributed by atoms with van der Waals surface area (Å²) in [6.45, 7) is 1.68. The van der Waals surface area contributed by atoms with E-state index < -0.39 is 0 Å². The van der Waals surface area contributed by atoms with Gasteiger partial charge < -0.3 is 28.8 Å². The highest BCUT2D eigenvalue weighted by Crippen LogP contribution is 2.27. The molecule has 1 N–H and O–H groups in total. The van der Waals surface area contributed by atoms with E-state index in [0.717, 1.165) is 47.7 Å². The Labute approximate surface area is 210 Å². The maximum atomic E-state index is 12.8. The molecule has 1 amide bonds. The van der Waals surface area contributed by atoms with Crippen LogP contribution in [0.15, 0.2) is 66.7 Å². The molecule has 188 valence electrons. The zero-order valence-corrected chi connectivity index (χ0v) is 20.8. The van der Waals surface area contributed by atoms with Crippen molar-refractivity contribution in [2.75, 3.05) is 27.9 Å². The largest absolute Gasteiger partial charge is 0.497 e. The van der Waals surface area contributed by atoms with Crippen molar-refractivity contribution in [2.45, 2.75) is 25.9 Å². The zero-order chi connectivity index (χ0) is 25.3. The number of fused-ring (bicyclic) bond motifs is 1. The van der Waals surface area contributed by atoms with E-state index in [9.17, 15) is 4.79 Å². The number of para-hydroxylation sites is 2. The minimum atomic E-state index is -0.207. The van der Waals surface area contributed by atoms with Gasteiger partial charge in [0.25, 0.3) is 5.91 Å². The average molecular weight is 490 g/mol. The molecule has 0 radical (unpaired) electrons. The summed E-state index contributed by atoms with van der Waals surface area (Å²) in [5, 5.41) is 2.98. The van der Waals surface area contributed by atoms with Crippen LogP contribution in [0.4, 0.5) is 0 Å². The lowest BCUT2D eigenvalue weighted by Crippen LogP contribution is -2.25. The lowest BCUT2D eigenvalue weighted by atomic mass is 10.2. The van der Waals surface area contributed by atoms with Crippen LogP contribution in [0.3, 0.4) is 0 Å². The van der Waals surface area contributed by atoms with Crippen molar-refractivity contribution in [3.8, 4) is 23.0 Å². The van der Waals surface area contributed by atoms with Crippen LogP contribution < -0.4 is 24.3 Å². The summed E-state index contributed by atoms with van der Waals surface area (Å²) in [5.74, 6) is 3.25. The molecule has 8 nitrogen and oxygen atoms in total. The van der Waals surface area contributed by atoms with Crippen LogP contribution in [0, 0.1) is 0 Å². The molecule has 1 heterocycles. The first-order chi connectivity index (χ1) is 17.6. The van der Waals surface area contributed by atoms with Crippen LogP contribution in [0.1, 0.15) is 29.0 Å². The minimum absolute atomic E-state index is 0.207. The van der Waals surface area contributed by atoms with Crippen LogP contribution in [-0.2, 0) is 13.1 Å². The summed E-state index contributed by atoms with van der Waals surface area (Å²) in [6.07, 6.45) is 1.78. The highest BCUT2D eigenvalue weighted by Gasteiger charge is 2.14. The molecular weight excluding hydrogens is 458 g/mol. The van der Waals surface area contributed by atoms with Gasteiger partial charge in [0.1, 0.15) is 17.3 Å². The SMILES string of the molecule is COc1cccc(OCCCCn2c(CNC(=O)c3ccc(OC)c(OC)c3)nc3ccccc32)c1. The van der Waals surface area contributed by atoms with Crippen LogP contribution in [-0.4, -0.2) is 43.4 Å². The number of hydrogen-bond donors (Lipinski definition) is 1. The fraction of sp³-hybridized carbons (Fsp3) is 0.286. The molecule has 4 rings (SSSR count). The number of imidazole rings is 1. The second kappa shape index (κ2) is 12.0. The predicted octanol–water partition coefficient (Wildman–Crippen LogP) is 4.85. The summed E-state index contributed by atoms with van der Waals surface area (Å²) in [7, 11) is 4.75. The molecule has 36 heavy (non-hydrogen) atoms. The van der Waals surface area contributed by atoms with Gasteiger partial charge in [-0.3, -0.25) is 4.79 Å². The second-order valence-electron chi connectivity index (χ2n) is 8.16. The molecule has 0 saturated carbocycles. The Morgan fingerprint density at radius 3 is 2.47 bits per heavy atom. The third kappa shape index (κ3) is 5.89. The number of rotatable bonds is 12. The van der Waals surface area contributed by atoms with E-state index in [1.165, 1.54) is 0 Å². The Hall–Kier alpha value is -4.20. The summed E-state index contributed by atoms with van der Waals surface area (Å²) in [6, 6.07) is 20.7. The topological polar surface area (TPSA) is 83.8 Å². The number of carbonyl (C=O) groups excluding carboxylic acids is 1.